The van der Waals surface area contributed by atoms with Gasteiger partial charge in [-0.1, -0.05) is 170 Å². The molecule has 5 nitrogen and oxygen atoms in total. The van der Waals surface area contributed by atoms with Crippen LogP contribution in [0.4, 0.5) is 0 Å². The third-order valence-corrected chi connectivity index (χ3v) is 13.6. The maximum absolute atomic E-state index is 5.66. The number of para-hydroxylation sites is 2. The second-order valence-corrected chi connectivity index (χ2v) is 17.2. The van der Waals surface area contributed by atoms with Crippen molar-refractivity contribution in [2.45, 2.75) is 12.5 Å². The van der Waals surface area contributed by atoms with Crippen molar-refractivity contribution in [3.8, 4) is 27.9 Å². The van der Waals surface area contributed by atoms with Gasteiger partial charge in [0.15, 0.2) is 5.84 Å². The zero-order chi connectivity index (χ0) is 41.9. The van der Waals surface area contributed by atoms with E-state index in [-0.39, 0.29) is 12.5 Å². The first-order chi connectivity index (χ1) is 31.7. The van der Waals surface area contributed by atoms with Crippen LogP contribution in [0.15, 0.2) is 229 Å². The second-order valence-electron chi connectivity index (χ2n) is 17.2. The van der Waals surface area contributed by atoms with Crippen LogP contribution in [0.3, 0.4) is 0 Å². The highest BCUT2D eigenvalue weighted by Gasteiger charge is 2.58. The van der Waals surface area contributed by atoms with Gasteiger partial charge in [0.25, 0.3) is 0 Å². The fourth-order valence-electron chi connectivity index (χ4n) is 10.7. The lowest BCUT2D eigenvalue weighted by molar-refractivity contribution is 0.269. The summed E-state index contributed by atoms with van der Waals surface area (Å²) in [4.78, 5) is 5.66. The molecular formula is C59H39N5. The molecule has 1 saturated heterocycles. The zero-order valence-corrected chi connectivity index (χ0v) is 34.8. The summed E-state index contributed by atoms with van der Waals surface area (Å²) >= 11 is 0. The summed E-state index contributed by atoms with van der Waals surface area (Å²) in [5, 5.41) is 14.8. The maximum atomic E-state index is 5.66. The normalized spacial score (nSPS) is 17.0. The number of benzene rings is 10. The molecule has 0 aliphatic carbocycles. The van der Waals surface area contributed by atoms with E-state index >= 15 is 0 Å². The van der Waals surface area contributed by atoms with E-state index in [1.807, 2.05) is 0 Å². The van der Waals surface area contributed by atoms with Crippen LogP contribution < -0.4 is 0 Å². The van der Waals surface area contributed by atoms with Gasteiger partial charge in [-0.2, -0.15) is 0 Å². The molecule has 0 saturated carbocycles. The van der Waals surface area contributed by atoms with Crippen LogP contribution in [-0.4, -0.2) is 25.0 Å². The fourth-order valence-corrected chi connectivity index (χ4v) is 10.7. The highest BCUT2D eigenvalue weighted by molar-refractivity contribution is 6.21. The number of amidine groups is 1. The average molecular weight is 818 g/mol. The minimum absolute atomic E-state index is 0.0177. The van der Waals surface area contributed by atoms with Gasteiger partial charge in [-0.15, -0.1) is 5.01 Å². The predicted octanol–water partition coefficient (Wildman–Crippen LogP) is 14.7. The molecule has 3 atom stereocenters. The molecule has 5 heteroatoms. The number of hydrazine groups is 1. The molecule has 64 heavy (non-hydrogen) atoms. The molecule has 12 aromatic rings. The van der Waals surface area contributed by atoms with Crippen molar-refractivity contribution in [3.05, 3.63) is 236 Å². The summed E-state index contributed by atoms with van der Waals surface area (Å²) in [5.74, 6) is 0.980. The molecule has 0 spiro atoms. The third kappa shape index (κ3) is 5.25. The van der Waals surface area contributed by atoms with Crippen molar-refractivity contribution >= 4 is 71.0 Å². The Morgan fingerprint density at radius 3 is 1.81 bits per heavy atom. The van der Waals surface area contributed by atoms with Gasteiger partial charge in [0.05, 0.1) is 22.1 Å². The van der Waals surface area contributed by atoms with Gasteiger partial charge in [0.1, 0.15) is 6.17 Å². The molecule has 14 rings (SSSR count). The lowest BCUT2D eigenvalue weighted by atomic mass is 10.0. The largest absolute Gasteiger partial charge is 0.309 e. The predicted molar refractivity (Wildman–Crippen MR) is 265 cm³/mol. The van der Waals surface area contributed by atoms with Crippen LogP contribution >= 0.6 is 0 Å². The molecule has 2 aromatic heterocycles. The summed E-state index contributed by atoms with van der Waals surface area (Å²) in [6.07, 6.45) is -0.281. The van der Waals surface area contributed by atoms with E-state index in [1.165, 1.54) is 93.0 Å². The first-order valence-electron chi connectivity index (χ1n) is 22.1. The smallest absolute Gasteiger partial charge is 0.204 e. The molecule has 1 fully saturated rings. The van der Waals surface area contributed by atoms with Crippen LogP contribution in [0.2, 0.25) is 0 Å². The van der Waals surface area contributed by atoms with E-state index in [1.54, 1.807) is 0 Å². The molecule has 10 aromatic carbocycles. The standard InChI is InChI=1S/C59H39N5/c1-3-15-38(16-4-1)41-20-13-22-44(33-41)57-60-59(64-58(63(57)64)45-23-14-21-42(34-45)39-17-5-2-6-18-39)62-52-27-11-9-25-49(52)51-36-46-35-47(31-29-43(46)37-55(51)62)61-53-28-12-10-26-50(53)56-48-24-8-7-19-40(48)30-32-54(56)61/h1-37,58-59H. The van der Waals surface area contributed by atoms with Gasteiger partial charge in [-0.25, -0.2) is 4.99 Å². The Kier molecular flexibility index (Phi) is 7.53. The summed E-state index contributed by atoms with van der Waals surface area (Å²) in [6, 6.07) is 81.9. The van der Waals surface area contributed by atoms with Crippen molar-refractivity contribution in [1.82, 2.24) is 19.2 Å². The molecule has 0 amide bonds. The first-order valence-corrected chi connectivity index (χ1v) is 22.1. The highest BCUT2D eigenvalue weighted by Crippen LogP contribution is 2.54. The number of nitrogens with zero attached hydrogens (tertiary/aromatic N) is 5. The van der Waals surface area contributed by atoms with Crippen LogP contribution in [0.5, 0.6) is 0 Å². The van der Waals surface area contributed by atoms with Crippen molar-refractivity contribution in [2.75, 3.05) is 0 Å². The Hall–Kier alpha value is -8.25. The van der Waals surface area contributed by atoms with Gasteiger partial charge in [-0.3, -0.25) is 5.01 Å². The summed E-state index contributed by atoms with van der Waals surface area (Å²) in [5.41, 5.74) is 13.1. The molecule has 3 unspecified atom stereocenters. The van der Waals surface area contributed by atoms with Crippen LogP contribution in [-0.2, 0) is 0 Å². The van der Waals surface area contributed by atoms with E-state index in [4.69, 9.17) is 4.99 Å². The van der Waals surface area contributed by atoms with Crippen molar-refractivity contribution in [3.63, 3.8) is 0 Å². The van der Waals surface area contributed by atoms with E-state index in [9.17, 15) is 0 Å². The SMILES string of the molecule is c1ccc(-c2cccc(C3=NC(n4c5ccccc5c5cc6cc(-n7c8ccccc8c8c9ccccc9ccc87)ccc6cc54)N4C(c5cccc(-c6ccccc6)c5)N34)c2)cc1. The Bertz CT molecular complexity index is 3880. The molecule has 300 valence electrons. The number of rotatable bonds is 6. The lowest BCUT2D eigenvalue weighted by Gasteiger charge is -2.17. The number of hydrogen-bond acceptors (Lipinski definition) is 3. The number of aromatic nitrogens is 2. The third-order valence-electron chi connectivity index (χ3n) is 13.6. The van der Waals surface area contributed by atoms with Crippen LogP contribution in [0.1, 0.15) is 23.6 Å². The topological polar surface area (TPSA) is 28.2 Å². The number of fused-ring (bicyclic) bond motifs is 10. The fraction of sp³-hybridized carbons (Fsp3) is 0.0339. The monoisotopic (exact) mass is 817 g/mol. The average Bonchev–Trinajstić information content (AvgIpc) is 3.64. The Balaban J connectivity index is 0.943. The van der Waals surface area contributed by atoms with Crippen molar-refractivity contribution < 1.29 is 0 Å². The van der Waals surface area contributed by atoms with Gasteiger partial charge >= 0.3 is 0 Å². The summed E-state index contributed by atoms with van der Waals surface area (Å²) in [7, 11) is 0. The molecule has 0 bridgehead atoms. The lowest BCUT2D eigenvalue weighted by Crippen LogP contribution is -2.14. The molecule has 4 heterocycles. The van der Waals surface area contributed by atoms with E-state index in [0.717, 1.165) is 17.1 Å². The summed E-state index contributed by atoms with van der Waals surface area (Å²) < 4.78 is 4.91. The van der Waals surface area contributed by atoms with E-state index in [0.29, 0.717) is 0 Å². The molecular weight excluding hydrogens is 779 g/mol. The molecule has 2 aliphatic rings. The quantitative estimate of drug-likeness (QED) is 0.156. The van der Waals surface area contributed by atoms with Crippen LogP contribution in [0, 0.1) is 0 Å². The number of hydrogen-bond donors (Lipinski definition) is 0. The molecule has 2 aliphatic heterocycles. The Morgan fingerprint density at radius 2 is 1.00 bits per heavy atom. The minimum Gasteiger partial charge on any atom is -0.309 e. The highest BCUT2D eigenvalue weighted by atomic mass is 15.9. The van der Waals surface area contributed by atoms with Gasteiger partial charge < -0.3 is 9.13 Å². The van der Waals surface area contributed by atoms with Gasteiger partial charge in [0.2, 0.25) is 6.29 Å². The van der Waals surface area contributed by atoms with E-state index in [2.05, 4.69) is 244 Å². The van der Waals surface area contributed by atoms with Crippen molar-refractivity contribution in [1.29, 1.82) is 0 Å². The second kappa shape index (κ2) is 13.6. The zero-order valence-electron chi connectivity index (χ0n) is 34.8. The Labute approximate surface area is 369 Å². The maximum Gasteiger partial charge on any atom is 0.204 e. The van der Waals surface area contributed by atoms with Crippen molar-refractivity contribution in [2.24, 2.45) is 4.99 Å². The first kappa shape index (κ1) is 35.4. The van der Waals surface area contributed by atoms with Gasteiger partial charge in [-0.05, 0) is 104 Å². The van der Waals surface area contributed by atoms with Crippen LogP contribution in [0.25, 0.3) is 93.1 Å². The minimum atomic E-state index is -0.299. The summed E-state index contributed by atoms with van der Waals surface area (Å²) in [6.45, 7) is 0. The van der Waals surface area contributed by atoms with E-state index < -0.39 is 0 Å². The van der Waals surface area contributed by atoms with Gasteiger partial charge in [0, 0.05) is 32.8 Å². The molecule has 0 N–H and O–H groups in total. The molecule has 0 radical (unpaired) electrons. The number of aliphatic imine (C=N–C) groups is 1. The Morgan fingerprint density at radius 1 is 0.359 bits per heavy atom.